The fourth-order valence-corrected chi connectivity index (χ4v) is 5.04. The number of aromatic nitrogens is 1. The molecule has 1 aromatic carbocycles. The number of aromatic amines is 1. The Labute approximate surface area is 142 Å². The van der Waals surface area contributed by atoms with E-state index in [1.54, 1.807) is 0 Å². The lowest BCUT2D eigenvalue weighted by molar-refractivity contribution is 1.46. The van der Waals surface area contributed by atoms with E-state index in [0.29, 0.717) is 0 Å². The summed E-state index contributed by atoms with van der Waals surface area (Å²) in [7, 11) is -2.35. The monoisotopic (exact) mass is 340 g/mol. The Kier molecular flexibility index (Phi) is 6.05. The molecule has 2 rings (SSSR count). The van der Waals surface area contributed by atoms with Crippen LogP contribution >= 0.6 is 0 Å². The number of hydrogen-bond donors (Lipinski definition) is 1. The molecule has 2 aromatic rings. The van der Waals surface area contributed by atoms with E-state index in [9.17, 15) is 0 Å². The molecule has 1 N–H and O–H groups in total. The molecule has 0 saturated carbocycles. The molecule has 0 saturated heterocycles. The highest BCUT2D eigenvalue weighted by Gasteiger charge is 2.22. The van der Waals surface area contributed by atoms with Crippen LogP contribution in [-0.4, -0.2) is 21.1 Å². The molecule has 2 nitrogen and oxygen atoms in total. The molecule has 1 aromatic heterocycles. The van der Waals surface area contributed by atoms with E-state index in [-0.39, 0.29) is 0 Å². The molecule has 0 amide bonds. The third-order valence-electron chi connectivity index (χ3n) is 3.44. The van der Waals surface area contributed by atoms with Crippen molar-refractivity contribution in [1.82, 2.24) is 4.98 Å². The lowest BCUT2D eigenvalue weighted by atomic mass is 10.1. The normalized spacial score (nSPS) is 11.1. The van der Waals surface area contributed by atoms with Gasteiger partial charge in [0.25, 0.3) is 0 Å². The molecule has 0 aliphatic rings. The van der Waals surface area contributed by atoms with Crippen molar-refractivity contribution in [2.75, 3.05) is 0 Å². The second-order valence-corrected chi connectivity index (χ2v) is 17.6. The van der Waals surface area contributed by atoms with Gasteiger partial charge in [0.15, 0.2) is 0 Å². The molecule has 0 aliphatic carbocycles. The zero-order valence-electron chi connectivity index (χ0n) is 15.7. The maximum absolute atomic E-state index is 8.90. The largest absolute Gasteiger partial charge is 0.362 e. The average molecular weight is 341 g/mol. The van der Waals surface area contributed by atoms with Crippen LogP contribution in [0.2, 0.25) is 39.3 Å². The minimum atomic E-state index is -1.33. The summed E-state index contributed by atoms with van der Waals surface area (Å²) in [5, 5.41) is 11.5. The molecule has 1 heterocycles. The Morgan fingerprint density at radius 1 is 1.04 bits per heavy atom. The summed E-state index contributed by atoms with van der Waals surface area (Å²) in [4.78, 5) is 3.51. The Balaban J connectivity index is 0.000000322. The number of rotatable bonds is 1. The first-order chi connectivity index (χ1) is 10.5. The van der Waals surface area contributed by atoms with Gasteiger partial charge in [-0.05, 0) is 37.6 Å². The first kappa shape index (κ1) is 19.3. The van der Waals surface area contributed by atoms with Gasteiger partial charge in [0.05, 0.1) is 19.7 Å². The van der Waals surface area contributed by atoms with Crippen molar-refractivity contribution in [2.45, 2.75) is 53.1 Å². The molecule has 23 heavy (non-hydrogen) atoms. The molecule has 0 spiro atoms. The quantitative estimate of drug-likeness (QED) is 0.589. The van der Waals surface area contributed by atoms with Crippen LogP contribution in [0.25, 0.3) is 10.9 Å². The predicted molar refractivity (Wildman–Crippen MR) is 108 cm³/mol. The lowest BCUT2D eigenvalue weighted by Crippen LogP contribution is -2.40. The van der Waals surface area contributed by atoms with Gasteiger partial charge in [-0.1, -0.05) is 39.3 Å². The number of aryl methyl sites for hydroxylation is 1. The van der Waals surface area contributed by atoms with Crippen LogP contribution < -0.4 is 5.32 Å². The number of benzene rings is 1. The first-order valence-corrected chi connectivity index (χ1v) is 15.0. The zero-order valence-corrected chi connectivity index (χ0v) is 17.7. The van der Waals surface area contributed by atoms with Crippen LogP contribution in [-0.2, 0) is 0 Å². The van der Waals surface area contributed by atoms with Gasteiger partial charge in [0, 0.05) is 16.2 Å². The summed E-state index contributed by atoms with van der Waals surface area (Å²) in [5.74, 6) is 2.92. The van der Waals surface area contributed by atoms with Crippen LogP contribution in [0.5, 0.6) is 0 Å². The first-order valence-electron chi connectivity index (χ1n) is 7.96. The summed E-state index contributed by atoms with van der Waals surface area (Å²) < 4.78 is 0. The van der Waals surface area contributed by atoms with Gasteiger partial charge >= 0.3 is 0 Å². The number of H-pyrrole nitrogens is 1. The van der Waals surface area contributed by atoms with Crippen LogP contribution in [0.3, 0.4) is 0 Å². The Morgan fingerprint density at radius 2 is 1.65 bits per heavy atom. The third-order valence-corrected chi connectivity index (χ3v) is 6.44. The second kappa shape index (κ2) is 7.21. The van der Waals surface area contributed by atoms with Crippen molar-refractivity contribution >= 4 is 32.4 Å². The van der Waals surface area contributed by atoms with Gasteiger partial charge in [-0.3, -0.25) is 0 Å². The summed E-state index contributed by atoms with van der Waals surface area (Å²) in [6.45, 7) is 17.8. The topological polar surface area (TPSA) is 39.6 Å². The van der Waals surface area contributed by atoms with Crippen LogP contribution in [0.1, 0.15) is 18.1 Å². The van der Waals surface area contributed by atoms with Crippen molar-refractivity contribution in [3.05, 3.63) is 29.3 Å². The molecule has 0 radical (unpaired) electrons. The molecular weight excluding hydrogens is 312 g/mol. The number of fused-ring (bicyclic) bond motifs is 1. The van der Waals surface area contributed by atoms with Crippen molar-refractivity contribution in [2.24, 2.45) is 0 Å². The van der Waals surface area contributed by atoms with Gasteiger partial charge in [0.2, 0.25) is 0 Å². The molecule has 0 fully saturated rings. The molecular formula is C19H28N2Si2. The van der Waals surface area contributed by atoms with Crippen molar-refractivity contribution in [3.63, 3.8) is 0 Å². The molecule has 0 aliphatic heterocycles. The molecule has 0 unspecified atom stereocenters. The highest BCUT2D eigenvalue weighted by atomic mass is 28.3. The Morgan fingerprint density at radius 3 is 2.04 bits per heavy atom. The SMILES string of the molecule is CC#C[Si](C)(C)C.Cc1c([Si](C)(C)C)[nH]c2ccc(C#N)cc12. The minimum Gasteiger partial charge on any atom is -0.362 e. The van der Waals surface area contributed by atoms with Gasteiger partial charge in [-0.25, -0.2) is 0 Å². The van der Waals surface area contributed by atoms with Crippen LogP contribution in [0, 0.1) is 29.7 Å². The fraction of sp³-hybridized carbons (Fsp3) is 0.421. The van der Waals surface area contributed by atoms with Crippen molar-refractivity contribution in [3.8, 4) is 17.5 Å². The van der Waals surface area contributed by atoms with Gasteiger partial charge in [-0.2, -0.15) is 5.26 Å². The van der Waals surface area contributed by atoms with Gasteiger partial charge < -0.3 is 4.98 Å². The van der Waals surface area contributed by atoms with E-state index in [1.165, 1.54) is 16.3 Å². The molecule has 0 atom stereocenters. The van der Waals surface area contributed by atoms with Gasteiger partial charge in [0.1, 0.15) is 8.07 Å². The van der Waals surface area contributed by atoms with Gasteiger partial charge in [-0.15, -0.1) is 11.5 Å². The average Bonchev–Trinajstić information content (AvgIpc) is 2.75. The van der Waals surface area contributed by atoms with E-state index < -0.39 is 16.1 Å². The summed E-state index contributed by atoms with van der Waals surface area (Å²) in [5.41, 5.74) is 6.37. The van der Waals surface area contributed by atoms with E-state index in [2.05, 4.69) is 68.7 Å². The van der Waals surface area contributed by atoms with Crippen molar-refractivity contribution in [1.29, 1.82) is 5.26 Å². The van der Waals surface area contributed by atoms with Crippen LogP contribution in [0.15, 0.2) is 18.2 Å². The number of hydrogen-bond acceptors (Lipinski definition) is 1. The Hall–Kier alpha value is -1.76. The molecule has 0 bridgehead atoms. The standard InChI is InChI=1S/C13H16N2Si.C6H12Si/c1-9-11-7-10(8-14)5-6-12(11)15-13(9)16(2,3)4;1-5-6-7(2,3)4/h5-7,15H,1-4H3;1-4H3. The van der Waals surface area contributed by atoms with E-state index >= 15 is 0 Å². The smallest absolute Gasteiger partial charge is 0.129 e. The molecule has 122 valence electrons. The van der Waals surface area contributed by atoms with E-state index in [4.69, 9.17) is 5.26 Å². The zero-order chi connectivity index (χ0) is 17.8. The maximum atomic E-state index is 8.90. The minimum absolute atomic E-state index is 0.733. The highest BCUT2D eigenvalue weighted by molar-refractivity contribution is 6.88. The number of nitrogens with zero attached hydrogens (tertiary/aromatic N) is 1. The lowest BCUT2D eigenvalue weighted by Gasteiger charge is -2.15. The summed E-state index contributed by atoms with van der Waals surface area (Å²) in [6, 6.07) is 8.04. The summed E-state index contributed by atoms with van der Waals surface area (Å²) >= 11 is 0. The maximum Gasteiger partial charge on any atom is 0.129 e. The fourth-order valence-electron chi connectivity index (χ4n) is 2.52. The number of nitrogens with one attached hydrogen (secondary N) is 1. The molecule has 4 heteroatoms. The Bertz CT molecular complexity index is 785. The number of nitriles is 1. The van der Waals surface area contributed by atoms with E-state index in [0.717, 1.165) is 11.1 Å². The third kappa shape index (κ3) is 5.42. The van der Waals surface area contributed by atoms with Crippen LogP contribution in [0.4, 0.5) is 0 Å². The summed E-state index contributed by atoms with van der Waals surface area (Å²) in [6.07, 6.45) is 0. The van der Waals surface area contributed by atoms with E-state index in [1.807, 2.05) is 25.1 Å². The highest BCUT2D eigenvalue weighted by Crippen LogP contribution is 2.20. The second-order valence-electron chi connectivity index (χ2n) is 7.87. The van der Waals surface area contributed by atoms with Crippen molar-refractivity contribution < 1.29 is 0 Å². The predicted octanol–water partition coefficient (Wildman–Crippen LogP) is 4.78.